The van der Waals surface area contributed by atoms with Crippen molar-refractivity contribution in [3.8, 4) is 0 Å². The lowest BCUT2D eigenvalue weighted by Gasteiger charge is -2.34. The fourth-order valence-corrected chi connectivity index (χ4v) is 4.29. The second-order valence-electron chi connectivity index (χ2n) is 8.51. The van der Waals surface area contributed by atoms with Crippen LogP contribution in [0.5, 0.6) is 0 Å². The van der Waals surface area contributed by atoms with Crippen molar-refractivity contribution in [3.05, 3.63) is 90.4 Å². The van der Waals surface area contributed by atoms with Crippen molar-refractivity contribution in [3.63, 3.8) is 0 Å². The first-order valence-electron chi connectivity index (χ1n) is 11.7. The van der Waals surface area contributed by atoms with E-state index in [0.717, 1.165) is 22.0 Å². The Morgan fingerprint density at radius 1 is 0.771 bits per heavy atom. The number of aromatic nitrogens is 3. The van der Waals surface area contributed by atoms with Gasteiger partial charge in [-0.15, -0.1) is 0 Å². The first-order valence-corrected chi connectivity index (χ1v) is 11.7. The Kier molecular flexibility index (Phi) is 6.61. The minimum Gasteiger partial charge on any atom is -0.339 e. The van der Waals surface area contributed by atoms with Gasteiger partial charge in [-0.2, -0.15) is 0 Å². The topological polar surface area (TPSA) is 91.3 Å². The number of carbonyl (C=O) groups excluding carboxylic acids is 2. The van der Waals surface area contributed by atoms with E-state index in [1.54, 1.807) is 24.7 Å². The molecule has 0 aliphatic carbocycles. The Balaban J connectivity index is 1.13. The highest BCUT2D eigenvalue weighted by Crippen LogP contribution is 2.18. The summed E-state index contributed by atoms with van der Waals surface area (Å²) in [5.41, 5.74) is 3.36. The summed E-state index contributed by atoms with van der Waals surface area (Å²) < 4.78 is 0. The summed E-state index contributed by atoms with van der Waals surface area (Å²) in [6, 6.07) is 19.0. The van der Waals surface area contributed by atoms with E-state index in [9.17, 15) is 9.59 Å². The predicted octanol–water partition coefficient (Wildman–Crippen LogP) is 3.10. The van der Waals surface area contributed by atoms with Crippen molar-refractivity contribution in [1.82, 2.24) is 19.9 Å². The van der Waals surface area contributed by atoms with Crippen LogP contribution in [0.4, 0.5) is 11.6 Å². The fraction of sp³-hybridized carbons (Fsp3) is 0.222. The number of amides is 2. The second kappa shape index (κ2) is 10.3. The molecule has 8 heteroatoms. The highest BCUT2D eigenvalue weighted by molar-refractivity contribution is 5.95. The molecule has 0 spiro atoms. The highest BCUT2D eigenvalue weighted by Gasteiger charge is 2.22. The van der Waals surface area contributed by atoms with E-state index in [4.69, 9.17) is 0 Å². The maximum atomic E-state index is 12.8. The lowest BCUT2D eigenvalue weighted by Crippen LogP contribution is -2.49. The standard InChI is InChI=1S/C27H26N6O2/c34-24(19-22-5-1-4-21-6-2-11-28-26(21)22)31-23-9-7-20(8-10-23)18-25(35)32-14-16-33(17-15-32)27-29-12-3-13-30-27/h1-13H,14-19H2,(H,31,34). The maximum Gasteiger partial charge on any atom is 0.228 e. The van der Waals surface area contributed by atoms with E-state index in [1.165, 1.54) is 0 Å². The smallest absolute Gasteiger partial charge is 0.228 e. The molecule has 1 fully saturated rings. The Hall–Kier alpha value is -4.33. The van der Waals surface area contributed by atoms with Gasteiger partial charge in [0.15, 0.2) is 0 Å². The summed E-state index contributed by atoms with van der Waals surface area (Å²) in [6.45, 7) is 2.72. The van der Waals surface area contributed by atoms with Crippen molar-refractivity contribution < 1.29 is 9.59 Å². The molecule has 2 aromatic heterocycles. The molecule has 5 rings (SSSR count). The summed E-state index contributed by atoms with van der Waals surface area (Å²) in [6.07, 6.45) is 5.77. The average molecular weight is 467 g/mol. The Morgan fingerprint density at radius 3 is 2.26 bits per heavy atom. The zero-order valence-corrected chi connectivity index (χ0v) is 19.3. The number of carbonyl (C=O) groups is 2. The zero-order valence-electron chi connectivity index (χ0n) is 19.3. The number of hydrogen-bond acceptors (Lipinski definition) is 6. The predicted molar refractivity (Wildman–Crippen MR) is 135 cm³/mol. The number of piperazine rings is 1. The quantitative estimate of drug-likeness (QED) is 0.470. The van der Waals surface area contributed by atoms with E-state index >= 15 is 0 Å². The van der Waals surface area contributed by atoms with Crippen LogP contribution in [0.2, 0.25) is 0 Å². The molecule has 8 nitrogen and oxygen atoms in total. The molecule has 0 atom stereocenters. The first kappa shape index (κ1) is 22.5. The molecular weight excluding hydrogens is 440 g/mol. The first-order chi connectivity index (χ1) is 17.2. The number of fused-ring (bicyclic) bond motifs is 1. The van der Waals surface area contributed by atoms with E-state index in [-0.39, 0.29) is 18.2 Å². The van der Waals surface area contributed by atoms with Crippen LogP contribution in [0.3, 0.4) is 0 Å². The zero-order chi connectivity index (χ0) is 24.0. The molecule has 4 aromatic rings. The second-order valence-corrected chi connectivity index (χ2v) is 8.51. The van der Waals surface area contributed by atoms with Crippen molar-refractivity contribution in [2.45, 2.75) is 12.8 Å². The molecule has 2 aromatic carbocycles. The Labute approximate surface area is 203 Å². The molecule has 1 aliphatic heterocycles. The van der Waals surface area contributed by atoms with Crippen molar-refractivity contribution in [1.29, 1.82) is 0 Å². The third-order valence-corrected chi connectivity index (χ3v) is 6.13. The molecule has 2 amide bonds. The van der Waals surface area contributed by atoms with Gasteiger partial charge in [0.1, 0.15) is 0 Å². The van der Waals surface area contributed by atoms with E-state index in [0.29, 0.717) is 44.2 Å². The van der Waals surface area contributed by atoms with Crippen LogP contribution in [0.1, 0.15) is 11.1 Å². The van der Waals surface area contributed by atoms with Crippen LogP contribution in [-0.4, -0.2) is 57.8 Å². The number of nitrogens with zero attached hydrogens (tertiary/aromatic N) is 5. The van der Waals surface area contributed by atoms with Crippen LogP contribution in [0.15, 0.2) is 79.3 Å². The number of rotatable bonds is 6. The van der Waals surface area contributed by atoms with Gasteiger partial charge in [-0.05, 0) is 35.4 Å². The Bertz CT molecular complexity index is 1310. The number of benzene rings is 2. The molecule has 35 heavy (non-hydrogen) atoms. The van der Waals surface area contributed by atoms with E-state index in [2.05, 4.69) is 25.2 Å². The molecule has 0 bridgehead atoms. The van der Waals surface area contributed by atoms with Crippen molar-refractivity contribution in [2.24, 2.45) is 0 Å². The number of anilines is 2. The normalized spacial score (nSPS) is 13.6. The number of para-hydroxylation sites is 1. The van der Waals surface area contributed by atoms with Gasteiger partial charge in [0.05, 0.1) is 18.4 Å². The van der Waals surface area contributed by atoms with Crippen molar-refractivity contribution in [2.75, 3.05) is 36.4 Å². The minimum atomic E-state index is -0.104. The SMILES string of the molecule is O=C(Cc1cccc2cccnc12)Nc1ccc(CC(=O)N2CCN(c3ncccn3)CC2)cc1. The van der Waals surface area contributed by atoms with Gasteiger partial charge >= 0.3 is 0 Å². The van der Waals surface area contributed by atoms with Crippen LogP contribution in [0, 0.1) is 0 Å². The monoisotopic (exact) mass is 466 g/mol. The van der Waals surface area contributed by atoms with Gasteiger partial charge in [0.2, 0.25) is 17.8 Å². The molecule has 0 unspecified atom stereocenters. The average Bonchev–Trinajstić information content (AvgIpc) is 2.90. The molecule has 0 saturated carbocycles. The molecule has 1 N–H and O–H groups in total. The molecule has 3 heterocycles. The number of nitrogens with one attached hydrogen (secondary N) is 1. The molecule has 176 valence electrons. The molecular formula is C27H26N6O2. The minimum absolute atomic E-state index is 0.0962. The summed E-state index contributed by atoms with van der Waals surface area (Å²) in [5, 5.41) is 3.96. The summed E-state index contributed by atoms with van der Waals surface area (Å²) >= 11 is 0. The van der Waals surface area contributed by atoms with Gasteiger partial charge in [-0.3, -0.25) is 14.6 Å². The largest absolute Gasteiger partial charge is 0.339 e. The molecule has 1 aliphatic rings. The number of pyridine rings is 1. The fourth-order valence-electron chi connectivity index (χ4n) is 4.29. The van der Waals surface area contributed by atoms with Gasteiger partial charge < -0.3 is 15.1 Å². The van der Waals surface area contributed by atoms with Gasteiger partial charge in [-0.1, -0.05) is 36.4 Å². The van der Waals surface area contributed by atoms with Gasteiger partial charge in [0, 0.05) is 55.8 Å². The molecule has 1 saturated heterocycles. The summed E-state index contributed by atoms with van der Waals surface area (Å²) in [4.78, 5) is 42.4. The van der Waals surface area contributed by atoms with E-state index in [1.807, 2.05) is 59.5 Å². The van der Waals surface area contributed by atoms with Crippen molar-refractivity contribution >= 4 is 34.4 Å². The maximum absolute atomic E-state index is 12.8. The summed E-state index contributed by atoms with van der Waals surface area (Å²) in [7, 11) is 0. The number of hydrogen-bond donors (Lipinski definition) is 1. The van der Waals surface area contributed by atoms with Crippen LogP contribution in [0.25, 0.3) is 10.9 Å². The summed E-state index contributed by atoms with van der Waals surface area (Å²) in [5.74, 6) is 0.695. The van der Waals surface area contributed by atoms with Crippen LogP contribution in [-0.2, 0) is 22.4 Å². The lowest BCUT2D eigenvalue weighted by molar-refractivity contribution is -0.130. The third-order valence-electron chi connectivity index (χ3n) is 6.13. The lowest BCUT2D eigenvalue weighted by atomic mass is 10.1. The third kappa shape index (κ3) is 5.43. The van der Waals surface area contributed by atoms with Crippen LogP contribution < -0.4 is 10.2 Å². The van der Waals surface area contributed by atoms with E-state index < -0.39 is 0 Å². The molecule has 0 radical (unpaired) electrons. The van der Waals surface area contributed by atoms with Gasteiger partial charge in [-0.25, -0.2) is 9.97 Å². The Morgan fingerprint density at radius 2 is 1.49 bits per heavy atom. The highest BCUT2D eigenvalue weighted by atomic mass is 16.2. The van der Waals surface area contributed by atoms with Crippen LogP contribution >= 0.6 is 0 Å². The van der Waals surface area contributed by atoms with Gasteiger partial charge in [0.25, 0.3) is 0 Å².